The van der Waals surface area contributed by atoms with Gasteiger partial charge in [-0.1, -0.05) is 34.1 Å². The Morgan fingerprint density at radius 1 is 1.29 bits per heavy atom. The van der Waals surface area contributed by atoms with E-state index in [-0.39, 0.29) is 12.6 Å². The number of methoxy groups -OCH3 is 1. The number of likely N-dealkylation sites (N-methyl/N-ethyl adjacent to an activating group) is 1. The molecular formula is C18H21BrN2O3. The summed E-state index contributed by atoms with van der Waals surface area (Å²) in [7, 11) is 3.23. The van der Waals surface area contributed by atoms with Gasteiger partial charge in [0.15, 0.2) is 0 Å². The fourth-order valence-electron chi connectivity index (χ4n) is 2.16. The van der Waals surface area contributed by atoms with Crippen LogP contribution in [0.3, 0.4) is 0 Å². The number of rotatable bonds is 5. The first-order valence-corrected chi connectivity index (χ1v) is 8.30. The molecule has 2 rings (SSSR count). The van der Waals surface area contributed by atoms with Crippen molar-refractivity contribution in [1.29, 1.82) is 0 Å². The molecule has 0 saturated carbocycles. The molecule has 2 N–H and O–H groups in total. The Morgan fingerprint density at radius 2 is 1.96 bits per heavy atom. The molecule has 0 radical (unpaired) electrons. The summed E-state index contributed by atoms with van der Waals surface area (Å²) in [5.41, 5.74) is 2.52. The lowest BCUT2D eigenvalue weighted by atomic mass is 10.1. The highest BCUT2D eigenvalue weighted by Crippen LogP contribution is 2.21. The molecule has 1 unspecified atom stereocenters. The van der Waals surface area contributed by atoms with E-state index < -0.39 is 6.10 Å². The monoisotopic (exact) mass is 392 g/mol. The van der Waals surface area contributed by atoms with Crippen LogP contribution in [-0.2, 0) is 0 Å². The van der Waals surface area contributed by atoms with Crippen LogP contribution in [0.1, 0.15) is 17.2 Å². The summed E-state index contributed by atoms with van der Waals surface area (Å²) < 4.78 is 6.02. The number of hydrogen-bond acceptors (Lipinski definition) is 3. The van der Waals surface area contributed by atoms with Crippen molar-refractivity contribution in [2.24, 2.45) is 0 Å². The Balaban J connectivity index is 1.95. The number of anilines is 1. The minimum Gasteiger partial charge on any atom is -0.497 e. The molecule has 0 spiro atoms. The molecule has 2 amide bonds. The molecular weight excluding hydrogens is 372 g/mol. The molecule has 0 aliphatic rings. The van der Waals surface area contributed by atoms with Gasteiger partial charge in [-0.15, -0.1) is 0 Å². The van der Waals surface area contributed by atoms with Crippen LogP contribution in [0.15, 0.2) is 46.9 Å². The maximum Gasteiger partial charge on any atom is 0.321 e. The first-order valence-electron chi connectivity index (χ1n) is 7.51. The minimum atomic E-state index is -0.767. The van der Waals surface area contributed by atoms with E-state index in [1.54, 1.807) is 38.4 Å². The molecule has 0 fully saturated rings. The normalized spacial score (nSPS) is 11.7. The molecule has 0 aliphatic heterocycles. The van der Waals surface area contributed by atoms with Crippen LogP contribution in [0.5, 0.6) is 5.75 Å². The fourth-order valence-corrected chi connectivity index (χ4v) is 2.54. The third-order valence-corrected chi connectivity index (χ3v) is 4.57. The second-order valence-electron chi connectivity index (χ2n) is 5.56. The molecule has 0 aliphatic carbocycles. The molecule has 1 atom stereocenters. The van der Waals surface area contributed by atoms with Crippen LogP contribution in [-0.4, -0.2) is 36.7 Å². The molecule has 0 heterocycles. The fraction of sp³-hybridized carbons (Fsp3) is 0.278. The second-order valence-corrected chi connectivity index (χ2v) is 6.42. The van der Waals surface area contributed by atoms with Gasteiger partial charge < -0.3 is 20.1 Å². The van der Waals surface area contributed by atoms with Crippen molar-refractivity contribution in [2.75, 3.05) is 26.0 Å². The van der Waals surface area contributed by atoms with Gasteiger partial charge in [0, 0.05) is 17.2 Å². The maximum atomic E-state index is 12.2. The molecule has 24 heavy (non-hydrogen) atoms. The summed E-state index contributed by atoms with van der Waals surface area (Å²) in [4.78, 5) is 13.7. The summed E-state index contributed by atoms with van der Waals surface area (Å²) in [6.45, 7) is 2.16. The Hall–Kier alpha value is -2.05. The third kappa shape index (κ3) is 4.72. The summed E-state index contributed by atoms with van der Waals surface area (Å²) >= 11 is 3.44. The van der Waals surface area contributed by atoms with Crippen molar-refractivity contribution in [1.82, 2.24) is 4.90 Å². The van der Waals surface area contributed by atoms with Gasteiger partial charge in [-0.2, -0.15) is 0 Å². The average Bonchev–Trinajstić information content (AvgIpc) is 2.58. The highest BCUT2D eigenvalue weighted by Gasteiger charge is 2.15. The predicted octanol–water partition coefficient (Wildman–Crippen LogP) is 3.96. The number of halogens is 1. The summed E-state index contributed by atoms with van der Waals surface area (Å²) in [5, 5.41) is 13.1. The van der Waals surface area contributed by atoms with E-state index in [2.05, 4.69) is 21.2 Å². The lowest BCUT2D eigenvalue weighted by molar-refractivity contribution is 0.136. The lowest BCUT2D eigenvalue weighted by Crippen LogP contribution is -2.34. The number of ether oxygens (including phenoxy) is 1. The number of aliphatic hydroxyl groups excluding tert-OH is 1. The van der Waals surface area contributed by atoms with Gasteiger partial charge >= 0.3 is 6.03 Å². The Labute approximate surface area is 150 Å². The van der Waals surface area contributed by atoms with Gasteiger partial charge in [-0.05, 0) is 42.3 Å². The van der Waals surface area contributed by atoms with E-state index in [4.69, 9.17) is 4.74 Å². The topological polar surface area (TPSA) is 61.8 Å². The van der Waals surface area contributed by atoms with Crippen LogP contribution >= 0.6 is 15.9 Å². The van der Waals surface area contributed by atoms with E-state index in [1.807, 2.05) is 25.1 Å². The highest BCUT2D eigenvalue weighted by molar-refractivity contribution is 9.10. The van der Waals surface area contributed by atoms with Gasteiger partial charge in [0.25, 0.3) is 0 Å². The van der Waals surface area contributed by atoms with Crippen molar-refractivity contribution in [2.45, 2.75) is 13.0 Å². The van der Waals surface area contributed by atoms with Gasteiger partial charge in [0.1, 0.15) is 5.75 Å². The second kappa shape index (κ2) is 8.17. The number of amides is 2. The Bertz CT molecular complexity index is 704. The molecule has 5 nitrogen and oxygen atoms in total. The molecule has 0 aromatic heterocycles. The highest BCUT2D eigenvalue weighted by atomic mass is 79.9. The van der Waals surface area contributed by atoms with E-state index in [0.717, 1.165) is 21.3 Å². The summed E-state index contributed by atoms with van der Waals surface area (Å²) in [6.07, 6.45) is -0.767. The smallest absolute Gasteiger partial charge is 0.321 e. The third-order valence-electron chi connectivity index (χ3n) is 3.72. The number of nitrogens with one attached hydrogen (secondary N) is 1. The van der Waals surface area contributed by atoms with E-state index in [0.29, 0.717) is 5.69 Å². The summed E-state index contributed by atoms with van der Waals surface area (Å²) in [6, 6.07) is 12.5. The van der Waals surface area contributed by atoms with Crippen LogP contribution in [0.25, 0.3) is 0 Å². The van der Waals surface area contributed by atoms with Gasteiger partial charge in [-0.25, -0.2) is 4.79 Å². The van der Waals surface area contributed by atoms with Gasteiger partial charge in [0.05, 0.1) is 19.8 Å². The van der Waals surface area contributed by atoms with E-state index >= 15 is 0 Å². The molecule has 0 saturated heterocycles. The number of carbonyl (C=O) groups is 1. The number of hydrogen-bond donors (Lipinski definition) is 2. The summed E-state index contributed by atoms with van der Waals surface area (Å²) in [5.74, 6) is 0.724. The first kappa shape index (κ1) is 18.3. The zero-order valence-corrected chi connectivity index (χ0v) is 15.5. The predicted molar refractivity (Wildman–Crippen MR) is 98.5 cm³/mol. The first-order chi connectivity index (χ1) is 11.4. The Morgan fingerprint density at radius 3 is 2.54 bits per heavy atom. The Kier molecular flexibility index (Phi) is 6.23. The number of nitrogens with zero attached hydrogens (tertiary/aromatic N) is 1. The van der Waals surface area contributed by atoms with Gasteiger partial charge in [-0.3, -0.25) is 0 Å². The van der Waals surface area contributed by atoms with E-state index in [9.17, 15) is 9.90 Å². The molecule has 128 valence electrons. The number of benzene rings is 2. The molecule has 2 aromatic rings. The van der Waals surface area contributed by atoms with Gasteiger partial charge in [0.2, 0.25) is 0 Å². The molecule has 2 aromatic carbocycles. The largest absolute Gasteiger partial charge is 0.497 e. The SMILES string of the molecule is COc1ccc(C(O)CN(C)C(=O)Nc2ccc(C)c(Br)c2)cc1. The van der Waals surface area contributed by atoms with Crippen LogP contribution in [0.2, 0.25) is 0 Å². The van der Waals surface area contributed by atoms with Crippen molar-refractivity contribution in [3.8, 4) is 5.75 Å². The van der Waals surface area contributed by atoms with Crippen molar-refractivity contribution in [3.05, 3.63) is 58.1 Å². The minimum absolute atomic E-state index is 0.186. The van der Waals surface area contributed by atoms with Crippen LogP contribution in [0, 0.1) is 6.92 Å². The van der Waals surface area contributed by atoms with Crippen molar-refractivity contribution >= 4 is 27.6 Å². The van der Waals surface area contributed by atoms with E-state index in [1.165, 1.54) is 4.90 Å². The van der Waals surface area contributed by atoms with Crippen molar-refractivity contribution in [3.63, 3.8) is 0 Å². The zero-order chi connectivity index (χ0) is 17.7. The standard InChI is InChI=1S/C18H21BrN2O3/c1-12-4-7-14(10-16(12)19)20-18(23)21(2)11-17(22)13-5-8-15(24-3)9-6-13/h4-10,17,22H,11H2,1-3H3,(H,20,23). The van der Waals surface area contributed by atoms with Crippen LogP contribution in [0.4, 0.5) is 10.5 Å². The van der Waals surface area contributed by atoms with Crippen LogP contribution < -0.4 is 10.1 Å². The molecule has 0 bridgehead atoms. The maximum absolute atomic E-state index is 12.2. The number of aryl methyl sites for hydroxylation is 1. The number of carbonyl (C=O) groups excluding carboxylic acids is 1. The zero-order valence-electron chi connectivity index (χ0n) is 13.9. The number of urea groups is 1. The van der Waals surface area contributed by atoms with Crippen molar-refractivity contribution < 1.29 is 14.6 Å². The quantitative estimate of drug-likeness (QED) is 0.809. The molecule has 6 heteroatoms. The number of aliphatic hydroxyl groups is 1. The lowest BCUT2D eigenvalue weighted by Gasteiger charge is -2.22. The average molecular weight is 393 g/mol.